The Morgan fingerprint density at radius 2 is 1.79 bits per heavy atom. The Morgan fingerprint density at radius 1 is 1.17 bits per heavy atom. The minimum Gasteiger partial charge on any atom is -0.324 e. The Morgan fingerprint density at radius 3 is 2.41 bits per heavy atom. The summed E-state index contributed by atoms with van der Waals surface area (Å²) in [6, 6.07) is 11.6. The van der Waals surface area contributed by atoms with Crippen LogP contribution >= 0.6 is 71.8 Å². The third-order valence-electron chi connectivity index (χ3n) is 4.08. The minimum absolute atomic E-state index is 0.138. The van der Waals surface area contributed by atoms with E-state index in [0.29, 0.717) is 14.9 Å². The molecule has 2 aromatic rings. The first-order valence-electron chi connectivity index (χ1n) is 8.51. The van der Waals surface area contributed by atoms with E-state index in [1.54, 1.807) is 0 Å². The largest absolute Gasteiger partial charge is 0.324 e. The highest BCUT2D eigenvalue weighted by Crippen LogP contribution is 2.35. The van der Waals surface area contributed by atoms with E-state index in [4.69, 9.17) is 12.2 Å². The van der Waals surface area contributed by atoms with Gasteiger partial charge in [-0.05, 0) is 62.6 Å². The van der Waals surface area contributed by atoms with Crippen molar-refractivity contribution in [3.8, 4) is 0 Å². The molecule has 0 radical (unpaired) electrons. The fourth-order valence-corrected chi connectivity index (χ4v) is 6.35. The van der Waals surface area contributed by atoms with E-state index in [1.165, 1.54) is 16.7 Å². The van der Waals surface area contributed by atoms with Crippen LogP contribution in [0, 0.1) is 6.92 Å². The highest BCUT2D eigenvalue weighted by molar-refractivity contribution is 9.11. The molecule has 2 aromatic carbocycles. The van der Waals surface area contributed by atoms with Gasteiger partial charge in [0, 0.05) is 26.4 Å². The van der Waals surface area contributed by atoms with Crippen LogP contribution in [0.3, 0.4) is 0 Å². The van der Waals surface area contributed by atoms with Crippen LogP contribution in [0.5, 0.6) is 0 Å². The standard InChI is InChI=1S/C20H15Br3N2O2S2/c1-11-2-4-12(5-3-11)8-16-19(27)25(20(28)29-16)7-6-17(26)24-18-14(22)9-13(21)10-15(18)23/h2-5,8-10H,6-7H2,1H3,(H,24,26). The Labute approximate surface area is 203 Å². The molecule has 1 aliphatic heterocycles. The van der Waals surface area contributed by atoms with E-state index in [0.717, 1.165) is 24.5 Å². The smallest absolute Gasteiger partial charge is 0.266 e. The maximum absolute atomic E-state index is 12.7. The highest BCUT2D eigenvalue weighted by Gasteiger charge is 2.32. The number of aryl methyl sites for hydroxylation is 1. The van der Waals surface area contributed by atoms with E-state index >= 15 is 0 Å². The maximum Gasteiger partial charge on any atom is 0.266 e. The zero-order valence-corrected chi connectivity index (χ0v) is 21.6. The predicted octanol–water partition coefficient (Wildman–Crippen LogP) is 6.51. The Bertz CT molecular complexity index is 1000. The number of hydrogen-bond donors (Lipinski definition) is 1. The average Bonchev–Trinajstić information content (AvgIpc) is 2.91. The fourth-order valence-electron chi connectivity index (χ4n) is 2.58. The minimum atomic E-state index is -0.203. The highest BCUT2D eigenvalue weighted by atomic mass is 79.9. The first-order chi connectivity index (χ1) is 13.7. The topological polar surface area (TPSA) is 49.4 Å². The molecule has 9 heteroatoms. The molecule has 0 atom stereocenters. The summed E-state index contributed by atoms with van der Waals surface area (Å²) in [4.78, 5) is 27.2. The number of amides is 2. The summed E-state index contributed by atoms with van der Waals surface area (Å²) >= 11 is 16.9. The van der Waals surface area contributed by atoms with E-state index < -0.39 is 0 Å². The number of anilines is 1. The number of nitrogens with zero attached hydrogens (tertiary/aromatic N) is 1. The van der Waals surface area contributed by atoms with Crippen LogP contribution in [0.25, 0.3) is 6.08 Å². The quantitative estimate of drug-likeness (QED) is 0.307. The van der Waals surface area contributed by atoms with E-state index in [9.17, 15) is 9.59 Å². The molecule has 150 valence electrons. The van der Waals surface area contributed by atoms with Gasteiger partial charge in [0.15, 0.2) is 0 Å². The van der Waals surface area contributed by atoms with Crippen LogP contribution in [-0.2, 0) is 9.59 Å². The number of benzene rings is 2. The molecule has 4 nitrogen and oxygen atoms in total. The number of carbonyl (C=O) groups excluding carboxylic acids is 2. The van der Waals surface area contributed by atoms with Crippen LogP contribution in [0.15, 0.2) is 54.7 Å². The number of rotatable bonds is 5. The molecule has 0 spiro atoms. The number of halogens is 3. The molecule has 1 saturated heterocycles. The van der Waals surface area contributed by atoms with Gasteiger partial charge < -0.3 is 5.32 Å². The third-order valence-corrected chi connectivity index (χ3v) is 7.17. The van der Waals surface area contributed by atoms with Crippen molar-refractivity contribution in [1.29, 1.82) is 0 Å². The average molecular weight is 619 g/mol. The van der Waals surface area contributed by atoms with Crippen molar-refractivity contribution in [1.82, 2.24) is 4.90 Å². The van der Waals surface area contributed by atoms with Crippen molar-refractivity contribution in [2.75, 3.05) is 11.9 Å². The van der Waals surface area contributed by atoms with Gasteiger partial charge in [-0.25, -0.2) is 0 Å². The Hall–Kier alpha value is -1.00. The van der Waals surface area contributed by atoms with Crippen molar-refractivity contribution in [2.24, 2.45) is 0 Å². The summed E-state index contributed by atoms with van der Waals surface area (Å²) in [5.74, 6) is -0.371. The van der Waals surface area contributed by atoms with E-state index in [-0.39, 0.29) is 24.8 Å². The monoisotopic (exact) mass is 616 g/mol. The van der Waals surface area contributed by atoms with Crippen LogP contribution in [-0.4, -0.2) is 27.6 Å². The number of nitrogens with one attached hydrogen (secondary N) is 1. The van der Waals surface area contributed by atoms with Crippen molar-refractivity contribution in [3.63, 3.8) is 0 Å². The molecule has 1 N–H and O–H groups in total. The lowest BCUT2D eigenvalue weighted by Crippen LogP contribution is -2.31. The van der Waals surface area contributed by atoms with Crippen LogP contribution < -0.4 is 5.32 Å². The van der Waals surface area contributed by atoms with Gasteiger partial charge in [-0.3, -0.25) is 14.5 Å². The molecule has 0 bridgehead atoms. The molecule has 1 heterocycles. The summed E-state index contributed by atoms with van der Waals surface area (Å²) < 4.78 is 2.84. The van der Waals surface area contributed by atoms with Gasteiger partial charge in [-0.2, -0.15) is 0 Å². The maximum atomic E-state index is 12.7. The third kappa shape index (κ3) is 5.79. The van der Waals surface area contributed by atoms with E-state index in [2.05, 4.69) is 53.1 Å². The molecule has 1 fully saturated rings. The summed E-state index contributed by atoms with van der Waals surface area (Å²) in [5.41, 5.74) is 2.74. The van der Waals surface area contributed by atoms with Crippen molar-refractivity contribution in [2.45, 2.75) is 13.3 Å². The first-order valence-corrected chi connectivity index (χ1v) is 12.1. The molecule has 0 aromatic heterocycles. The van der Waals surface area contributed by atoms with Gasteiger partial charge in [0.25, 0.3) is 5.91 Å². The molecular formula is C20H15Br3N2O2S2. The lowest BCUT2D eigenvalue weighted by atomic mass is 10.1. The lowest BCUT2D eigenvalue weighted by Gasteiger charge is -2.15. The van der Waals surface area contributed by atoms with Crippen LogP contribution in [0.2, 0.25) is 0 Å². The number of carbonyl (C=O) groups is 2. The molecule has 0 unspecified atom stereocenters. The SMILES string of the molecule is Cc1ccc(C=C2SC(=S)N(CCC(=O)Nc3c(Br)cc(Br)cc3Br)C2=O)cc1. The number of thioether (sulfide) groups is 1. The molecule has 2 amide bonds. The molecule has 0 saturated carbocycles. The molecule has 1 aliphatic rings. The lowest BCUT2D eigenvalue weighted by molar-refractivity contribution is -0.122. The second kappa shape index (κ2) is 9.87. The van der Waals surface area contributed by atoms with Crippen molar-refractivity contribution >= 4 is 99.7 Å². The summed E-state index contributed by atoms with van der Waals surface area (Å²) in [6.07, 6.45) is 1.97. The molecule has 29 heavy (non-hydrogen) atoms. The molecule has 0 aliphatic carbocycles. The van der Waals surface area contributed by atoms with Crippen molar-refractivity contribution in [3.05, 3.63) is 65.8 Å². The van der Waals surface area contributed by atoms with Crippen LogP contribution in [0.4, 0.5) is 5.69 Å². The van der Waals surface area contributed by atoms with Crippen molar-refractivity contribution < 1.29 is 9.59 Å². The predicted molar refractivity (Wildman–Crippen MR) is 134 cm³/mol. The summed E-state index contributed by atoms with van der Waals surface area (Å²) in [6.45, 7) is 2.24. The molecular weight excluding hydrogens is 604 g/mol. The zero-order valence-electron chi connectivity index (χ0n) is 15.2. The molecule has 3 rings (SSSR count). The van der Waals surface area contributed by atoms with Gasteiger partial charge in [0.1, 0.15) is 4.32 Å². The zero-order chi connectivity index (χ0) is 21.1. The van der Waals surface area contributed by atoms with Gasteiger partial charge in [-0.1, -0.05) is 69.7 Å². The van der Waals surface area contributed by atoms with Gasteiger partial charge >= 0.3 is 0 Å². The Kier molecular flexibility index (Phi) is 7.72. The van der Waals surface area contributed by atoms with Crippen LogP contribution in [0.1, 0.15) is 17.5 Å². The second-order valence-electron chi connectivity index (χ2n) is 6.29. The Balaban J connectivity index is 1.63. The summed E-state index contributed by atoms with van der Waals surface area (Å²) in [5, 5.41) is 2.86. The van der Waals surface area contributed by atoms with Gasteiger partial charge in [-0.15, -0.1) is 0 Å². The second-order valence-corrected chi connectivity index (χ2v) is 10.6. The van der Waals surface area contributed by atoms with E-state index in [1.807, 2.05) is 49.4 Å². The first kappa shape index (κ1) is 22.7. The van der Waals surface area contributed by atoms with Gasteiger partial charge in [0.05, 0.1) is 10.6 Å². The fraction of sp³-hybridized carbons (Fsp3) is 0.150. The number of thiocarbonyl (C=S) groups is 1. The summed E-state index contributed by atoms with van der Waals surface area (Å²) in [7, 11) is 0. The van der Waals surface area contributed by atoms with Gasteiger partial charge in [0.2, 0.25) is 5.91 Å². The number of hydrogen-bond acceptors (Lipinski definition) is 4. The normalized spacial score (nSPS) is 15.3.